The van der Waals surface area contributed by atoms with Gasteiger partial charge in [0.25, 0.3) is 11.8 Å². The number of ether oxygens (including phenoxy) is 3. The van der Waals surface area contributed by atoms with Crippen LogP contribution in [-0.2, 0) is 23.8 Å². The SMILES string of the molecule is C=CC1=C(/C=C(/C(=O)N(C(C)C)[C@@H]2CCCN(C(=O)OC(C)(C)C)C2)C(F)(F)F)N(CCN)C(=O)C(C)(COC)O1. The lowest BCUT2D eigenvalue weighted by Crippen LogP contribution is -2.56. The Hall–Kier alpha value is -3.06. The number of rotatable bonds is 9. The van der Waals surface area contributed by atoms with Crippen LogP contribution in [0.2, 0.25) is 0 Å². The highest BCUT2D eigenvalue weighted by Crippen LogP contribution is 2.36. The molecule has 2 aliphatic rings. The molecule has 0 aromatic heterocycles. The molecule has 232 valence electrons. The molecule has 41 heavy (non-hydrogen) atoms. The summed E-state index contributed by atoms with van der Waals surface area (Å²) in [6, 6.07) is -1.34. The lowest BCUT2D eigenvalue weighted by molar-refractivity contribution is -0.159. The molecule has 0 aromatic carbocycles. The quantitative estimate of drug-likeness (QED) is 0.408. The Bertz CT molecular complexity index is 1070. The topological polar surface area (TPSA) is 115 Å². The molecular formula is C28H43F3N4O6. The molecule has 1 unspecified atom stereocenters. The van der Waals surface area contributed by atoms with E-state index < -0.39 is 52.9 Å². The molecule has 0 saturated carbocycles. The van der Waals surface area contributed by atoms with Gasteiger partial charge < -0.3 is 34.6 Å². The van der Waals surface area contributed by atoms with Crippen molar-refractivity contribution in [3.63, 3.8) is 0 Å². The number of hydrogen-bond donors (Lipinski definition) is 1. The van der Waals surface area contributed by atoms with E-state index in [1.54, 1.807) is 34.6 Å². The first-order valence-electron chi connectivity index (χ1n) is 13.6. The van der Waals surface area contributed by atoms with Gasteiger partial charge in [0.2, 0.25) is 5.60 Å². The minimum Gasteiger partial charge on any atom is -0.473 e. The lowest BCUT2D eigenvalue weighted by Gasteiger charge is -2.42. The van der Waals surface area contributed by atoms with Crippen LogP contribution in [0.4, 0.5) is 18.0 Å². The Kier molecular flexibility index (Phi) is 11.1. The second kappa shape index (κ2) is 13.3. The smallest absolute Gasteiger partial charge is 0.421 e. The molecule has 3 amide bonds. The number of carbonyl (C=O) groups is 3. The molecule has 0 spiro atoms. The number of nitrogens with two attached hydrogens (primary N) is 1. The summed E-state index contributed by atoms with van der Waals surface area (Å²) >= 11 is 0. The summed E-state index contributed by atoms with van der Waals surface area (Å²) in [6.45, 7) is 13.4. The molecule has 1 fully saturated rings. The number of methoxy groups -OCH3 is 1. The number of allylic oxidation sites excluding steroid dienone is 2. The Morgan fingerprint density at radius 2 is 1.93 bits per heavy atom. The van der Waals surface area contributed by atoms with E-state index in [1.807, 2.05) is 0 Å². The van der Waals surface area contributed by atoms with Gasteiger partial charge >= 0.3 is 12.3 Å². The van der Waals surface area contributed by atoms with E-state index in [0.717, 1.165) is 9.80 Å². The van der Waals surface area contributed by atoms with E-state index in [1.165, 1.54) is 25.0 Å². The van der Waals surface area contributed by atoms with Crippen LogP contribution in [0.3, 0.4) is 0 Å². The number of amides is 3. The first-order chi connectivity index (χ1) is 18.9. The van der Waals surface area contributed by atoms with Gasteiger partial charge in [-0.25, -0.2) is 4.79 Å². The molecule has 2 heterocycles. The summed E-state index contributed by atoms with van der Waals surface area (Å²) < 4.78 is 60.1. The van der Waals surface area contributed by atoms with Crippen LogP contribution in [0.1, 0.15) is 54.4 Å². The highest BCUT2D eigenvalue weighted by atomic mass is 19.4. The van der Waals surface area contributed by atoms with Gasteiger partial charge in [-0.2, -0.15) is 13.2 Å². The minimum absolute atomic E-state index is 0.0147. The Labute approximate surface area is 239 Å². The number of likely N-dealkylation sites (tertiary alicyclic amines) is 1. The standard InChI is InChI=1S/C28H43F3N4O6/c1-9-22-21(34(14-12-32)24(37)27(7,40-22)17-39-8)15-20(28(29,30)31)23(36)35(18(2)3)19-11-10-13-33(16-19)25(38)41-26(4,5)6/h9,15,18-19H,1,10-14,16-17,32H2,2-8H3/b20-15-/t19-,27?/m1/s1. The predicted octanol–water partition coefficient (Wildman–Crippen LogP) is 3.73. The normalized spacial score (nSPS) is 22.6. The zero-order valence-corrected chi connectivity index (χ0v) is 25.0. The van der Waals surface area contributed by atoms with Gasteiger partial charge in [-0.05, 0) is 66.5 Å². The molecule has 10 nitrogen and oxygen atoms in total. The maximum absolute atomic E-state index is 14.6. The van der Waals surface area contributed by atoms with Gasteiger partial charge in [-0.3, -0.25) is 9.59 Å². The van der Waals surface area contributed by atoms with Crippen molar-refractivity contribution in [2.24, 2.45) is 5.73 Å². The summed E-state index contributed by atoms with van der Waals surface area (Å²) in [6.07, 6.45) is -3.03. The fourth-order valence-corrected chi connectivity index (χ4v) is 4.92. The second-order valence-electron chi connectivity index (χ2n) is 11.5. The monoisotopic (exact) mass is 588 g/mol. The van der Waals surface area contributed by atoms with Crippen LogP contribution in [0.5, 0.6) is 0 Å². The van der Waals surface area contributed by atoms with E-state index in [9.17, 15) is 27.6 Å². The maximum Gasteiger partial charge on any atom is 0.421 e. The molecule has 0 aliphatic carbocycles. The predicted molar refractivity (Wildman–Crippen MR) is 146 cm³/mol. The maximum atomic E-state index is 14.6. The third kappa shape index (κ3) is 8.25. The zero-order chi connectivity index (χ0) is 31.3. The molecular weight excluding hydrogens is 545 g/mol. The molecule has 2 atom stereocenters. The average molecular weight is 589 g/mol. The van der Waals surface area contributed by atoms with Crippen molar-refractivity contribution in [3.05, 3.63) is 35.8 Å². The van der Waals surface area contributed by atoms with Gasteiger partial charge in [0, 0.05) is 39.3 Å². The van der Waals surface area contributed by atoms with Gasteiger partial charge in [0.1, 0.15) is 16.9 Å². The molecule has 0 bridgehead atoms. The van der Waals surface area contributed by atoms with Crippen molar-refractivity contribution in [3.8, 4) is 0 Å². The Morgan fingerprint density at radius 1 is 1.29 bits per heavy atom. The lowest BCUT2D eigenvalue weighted by atomic mass is 9.99. The third-order valence-electron chi connectivity index (χ3n) is 6.58. The summed E-state index contributed by atoms with van der Waals surface area (Å²) in [5.74, 6) is -2.08. The number of halogens is 3. The first kappa shape index (κ1) is 34.1. The van der Waals surface area contributed by atoms with Crippen LogP contribution in [0, 0.1) is 0 Å². The highest BCUT2D eigenvalue weighted by Gasteiger charge is 2.48. The van der Waals surface area contributed by atoms with Crippen LogP contribution in [0.15, 0.2) is 35.8 Å². The van der Waals surface area contributed by atoms with Crippen molar-refractivity contribution in [1.29, 1.82) is 0 Å². The zero-order valence-electron chi connectivity index (χ0n) is 25.0. The number of piperidine rings is 1. The van der Waals surface area contributed by atoms with E-state index >= 15 is 0 Å². The van der Waals surface area contributed by atoms with E-state index in [4.69, 9.17) is 19.9 Å². The van der Waals surface area contributed by atoms with Crippen molar-refractivity contribution in [2.45, 2.75) is 83.8 Å². The van der Waals surface area contributed by atoms with Crippen molar-refractivity contribution >= 4 is 17.9 Å². The summed E-state index contributed by atoms with van der Waals surface area (Å²) in [4.78, 5) is 43.4. The number of nitrogens with zero attached hydrogens (tertiary/aromatic N) is 3. The van der Waals surface area contributed by atoms with Crippen LogP contribution in [0.25, 0.3) is 0 Å². The summed E-state index contributed by atoms with van der Waals surface area (Å²) in [7, 11) is 1.36. The molecule has 2 N–H and O–H groups in total. The van der Waals surface area contributed by atoms with Crippen LogP contribution in [-0.4, -0.2) is 102 Å². The van der Waals surface area contributed by atoms with Gasteiger partial charge in [0.15, 0.2) is 0 Å². The highest BCUT2D eigenvalue weighted by molar-refractivity contribution is 5.96. The Balaban J connectivity index is 2.58. The largest absolute Gasteiger partial charge is 0.473 e. The van der Waals surface area contributed by atoms with Gasteiger partial charge in [-0.15, -0.1) is 0 Å². The van der Waals surface area contributed by atoms with Gasteiger partial charge in [-0.1, -0.05) is 6.58 Å². The van der Waals surface area contributed by atoms with Crippen LogP contribution < -0.4 is 5.73 Å². The second-order valence-corrected chi connectivity index (χ2v) is 11.5. The molecule has 2 rings (SSSR count). The number of carbonyl (C=O) groups excluding carboxylic acids is 3. The first-order valence-corrected chi connectivity index (χ1v) is 13.6. The van der Waals surface area contributed by atoms with E-state index in [0.29, 0.717) is 25.5 Å². The van der Waals surface area contributed by atoms with Crippen LogP contribution >= 0.6 is 0 Å². The van der Waals surface area contributed by atoms with E-state index in [-0.39, 0.29) is 37.7 Å². The molecule has 0 aromatic rings. The molecule has 1 saturated heterocycles. The minimum atomic E-state index is -5.09. The molecule has 2 aliphatic heterocycles. The third-order valence-corrected chi connectivity index (χ3v) is 6.58. The van der Waals surface area contributed by atoms with Crippen molar-refractivity contribution in [1.82, 2.24) is 14.7 Å². The number of hydrogen-bond acceptors (Lipinski definition) is 7. The van der Waals surface area contributed by atoms with Crippen molar-refractivity contribution in [2.75, 3.05) is 39.9 Å². The van der Waals surface area contributed by atoms with Crippen molar-refractivity contribution < 1.29 is 41.8 Å². The molecule has 13 heteroatoms. The summed E-state index contributed by atoms with van der Waals surface area (Å²) in [5, 5.41) is 0. The average Bonchev–Trinajstić information content (AvgIpc) is 2.84. The van der Waals surface area contributed by atoms with E-state index in [2.05, 4.69) is 6.58 Å². The van der Waals surface area contributed by atoms with Gasteiger partial charge in [0.05, 0.1) is 18.3 Å². The fraction of sp³-hybridized carbons (Fsp3) is 0.679. The fourth-order valence-electron chi connectivity index (χ4n) is 4.92. The molecule has 0 radical (unpaired) electrons. The Morgan fingerprint density at radius 3 is 2.41 bits per heavy atom. The number of alkyl halides is 3. The summed E-state index contributed by atoms with van der Waals surface area (Å²) in [5.41, 5.74) is 1.62.